The number of rotatable bonds is 1. The van der Waals surface area contributed by atoms with Crippen molar-refractivity contribution in [3.05, 3.63) is 48.1 Å². The van der Waals surface area contributed by atoms with E-state index >= 15 is 0 Å². The molecule has 0 nitrogen and oxygen atoms in total. The summed E-state index contributed by atoms with van der Waals surface area (Å²) < 4.78 is 0. The summed E-state index contributed by atoms with van der Waals surface area (Å²) in [7, 11) is 0. The van der Waals surface area contributed by atoms with E-state index in [1.54, 1.807) is 0 Å². The van der Waals surface area contributed by atoms with E-state index < -0.39 is 0 Å². The standard InChI is InChI=1S/C24H31Br/c25-18-8-5-7-17(14-18)23-15-24-19-9-2-1-6-16(19)12-13-22(24)20-10-3-4-11-21(20)23/h2-3,9-10,12-13,15-22,24H,1,4-8,11,14H2. The molecule has 8 unspecified atom stereocenters. The van der Waals surface area contributed by atoms with Gasteiger partial charge in [0.2, 0.25) is 0 Å². The van der Waals surface area contributed by atoms with Crippen LogP contribution in [0, 0.1) is 41.4 Å². The predicted molar refractivity (Wildman–Crippen MR) is 110 cm³/mol. The minimum Gasteiger partial charge on any atom is -0.0890 e. The first-order valence-electron chi connectivity index (χ1n) is 10.7. The van der Waals surface area contributed by atoms with Gasteiger partial charge in [0.05, 0.1) is 0 Å². The first-order valence-corrected chi connectivity index (χ1v) is 11.6. The van der Waals surface area contributed by atoms with Crippen LogP contribution in [0.1, 0.15) is 51.4 Å². The van der Waals surface area contributed by atoms with E-state index in [2.05, 4.69) is 58.5 Å². The molecule has 0 spiro atoms. The minimum atomic E-state index is 0.746. The zero-order valence-corrected chi connectivity index (χ0v) is 16.8. The van der Waals surface area contributed by atoms with E-state index in [0.29, 0.717) is 0 Å². The zero-order chi connectivity index (χ0) is 16.8. The van der Waals surface area contributed by atoms with Gasteiger partial charge < -0.3 is 0 Å². The first kappa shape index (κ1) is 16.6. The molecule has 0 aromatic carbocycles. The number of allylic oxidation sites excluding steroid dienone is 8. The van der Waals surface area contributed by atoms with Gasteiger partial charge in [0, 0.05) is 4.83 Å². The van der Waals surface area contributed by atoms with Gasteiger partial charge in [-0.15, -0.1) is 0 Å². The molecule has 0 aromatic heterocycles. The number of halogens is 1. The third kappa shape index (κ3) is 2.95. The zero-order valence-electron chi connectivity index (χ0n) is 15.2. The molecule has 0 amide bonds. The van der Waals surface area contributed by atoms with Gasteiger partial charge in [-0.3, -0.25) is 0 Å². The van der Waals surface area contributed by atoms with Gasteiger partial charge >= 0.3 is 0 Å². The van der Waals surface area contributed by atoms with Crippen molar-refractivity contribution in [3.8, 4) is 0 Å². The van der Waals surface area contributed by atoms with Crippen LogP contribution in [0.15, 0.2) is 48.1 Å². The molecule has 5 rings (SSSR count). The Kier molecular flexibility index (Phi) is 4.56. The highest BCUT2D eigenvalue weighted by atomic mass is 79.9. The molecule has 8 atom stereocenters. The molecule has 0 aromatic rings. The molecule has 0 N–H and O–H groups in total. The van der Waals surface area contributed by atoms with E-state index in [-0.39, 0.29) is 0 Å². The Morgan fingerprint density at radius 1 is 0.760 bits per heavy atom. The van der Waals surface area contributed by atoms with Crippen molar-refractivity contribution in [1.29, 1.82) is 0 Å². The SMILES string of the molecule is BrC1CCCC(C2=CC3C4C=CCCC4C=CC3C3C=CCCC23)C1. The lowest BCUT2D eigenvalue weighted by molar-refractivity contribution is 0.165. The molecule has 0 heterocycles. The highest BCUT2D eigenvalue weighted by Gasteiger charge is 2.45. The fourth-order valence-electron chi connectivity index (χ4n) is 6.64. The Balaban J connectivity index is 1.54. The normalized spacial score (nSPS) is 48.3. The maximum absolute atomic E-state index is 3.94. The van der Waals surface area contributed by atoms with Crippen LogP contribution >= 0.6 is 15.9 Å². The highest BCUT2D eigenvalue weighted by Crippen LogP contribution is 2.54. The quantitative estimate of drug-likeness (QED) is 0.334. The summed E-state index contributed by atoms with van der Waals surface area (Å²) in [5.74, 6) is 5.49. The van der Waals surface area contributed by atoms with Crippen LogP contribution in [-0.4, -0.2) is 4.83 Å². The van der Waals surface area contributed by atoms with Crippen molar-refractivity contribution in [1.82, 2.24) is 0 Å². The van der Waals surface area contributed by atoms with Crippen LogP contribution in [0.4, 0.5) is 0 Å². The van der Waals surface area contributed by atoms with Crippen molar-refractivity contribution in [2.75, 3.05) is 0 Å². The lowest BCUT2D eigenvalue weighted by Gasteiger charge is -2.50. The predicted octanol–water partition coefficient (Wildman–Crippen LogP) is 6.85. The third-order valence-electron chi connectivity index (χ3n) is 7.80. The Labute approximate surface area is 161 Å². The summed E-state index contributed by atoms with van der Waals surface area (Å²) in [6.07, 6.45) is 29.0. The lowest BCUT2D eigenvalue weighted by atomic mass is 9.55. The van der Waals surface area contributed by atoms with Crippen LogP contribution < -0.4 is 0 Å². The second-order valence-corrected chi connectivity index (χ2v) is 10.4. The first-order chi connectivity index (χ1) is 12.3. The van der Waals surface area contributed by atoms with Gasteiger partial charge in [-0.25, -0.2) is 0 Å². The van der Waals surface area contributed by atoms with Gasteiger partial charge in [0.1, 0.15) is 0 Å². The van der Waals surface area contributed by atoms with E-state index in [1.165, 1.54) is 51.4 Å². The van der Waals surface area contributed by atoms with Gasteiger partial charge in [-0.05, 0) is 86.4 Å². The highest BCUT2D eigenvalue weighted by molar-refractivity contribution is 9.09. The maximum atomic E-state index is 3.94. The van der Waals surface area contributed by atoms with Crippen LogP contribution in [0.25, 0.3) is 0 Å². The lowest BCUT2D eigenvalue weighted by Crippen LogP contribution is -2.42. The molecule has 134 valence electrons. The third-order valence-corrected chi connectivity index (χ3v) is 8.63. The number of hydrogen-bond donors (Lipinski definition) is 0. The van der Waals surface area contributed by atoms with Gasteiger partial charge in [0.25, 0.3) is 0 Å². The van der Waals surface area contributed by atoms with Crippen LogP contribution in [0.3, 0.4) is 0 Å². The number of hydrogen-bond acceptors (Lipinski definition) is 0. The summed E-state index contributed by atoms with van der Waals surface area (Å²) in [6, 6.07) is 0. The second-order valence-electron chi connectivity index (χ2n) is 9.10. The summed E-state index contributed by atoms with van der Waals surface area (Å²) in [5.41, 5.74) is 1.87. The number of fused-ring (bicyclic) bond motifs is 5. The largest absolute Gasteiger partial charge is 0.0890 e. The molecule has 0 radical (unpaired) electrons. The average molecular weight is 399 g/mol. The second kappa shape index (κ2) is 6.87. The van der Waals surface area contributed by atoms with Crippen molar-refractivity contribution in [3.63, 3.8) is 0 Å². The average Bonchev–Trinajstić information content (AvgIpc) is 2.67. The van der Waals surface area contributed by atoms with Crippen LogP contribution in [-0.2, 0) is 0 Å². The summed E-state index contributed by atoms with van der Waals surface area (Å²) in [5, 5.41) is 0. The molecule has 1 heteroatoms. The summed E-state index contributed by atoms with van der Waals surface area (Å²) >= 11 is 3.94. The van der Waals surface area contributed by atoms with Gasteiger partial charge in [-0.2, -0.15) is 0 Å². The Hall–Kier alpha value is -0.560. The molecule has 5 aliphatic rings. The van der Waals surface area contributed by atoms with Crippen LogP contribution in [0.5, 0.6) is 0 Å². The van der Waals surface area contributed by atoms with Crippen molar-refractivity contribution < 1.29 is 0 Å². The minimum absolute atomic E-state index is 0.746. The van der Waals surface area contributed by atoms with E-state index in [9.17, 15) is 0 Å². The van der Waals surface area contributed by atoms with Crippen molar-refractivity contribution >= 4 is 15.9 Å². The van der Waals surface area contributed by atoms with E-state index in [1.807, 2.05) is 5.57 Å². The monoisotopic (exact) mass is 398 g/mol. The Morgan fingerprint density at radius 2 is 1.60 bits per heavy atom. The molecular weight excluding hydrogens is 368 g/mol. The van der Waals surface area contributed by atoms with Crippen molar-refractivity contribution in [2.45, 2.75) is 56.2 Å². The fraction of sp³-hybridized carbons (Fsp3) is 0.667. The summed E-state index contributed by atoms with van der Waals surface area (Å²) in [4.78, 5) is 0.746. The molecule has 1 saturated carbocycles. The Bertz CT molecular complexity index is 624. The van der Waals surface area contributed by atoms with E-state index in [0.717, 1.165) is 46.3 Å². The topological polar surface area (TPSA) is 0 Å². The fourth-order valence-corrected chi connectivity index (χ4v) is 7.41. The molecule has 0 aliphatic heterocycles. The molecular formula is C24H31Br. The molecule has 25 heavy (non-hydrogen) atoms. The molecule has 1 fully saturated rings. The van der Waals surface area contributed by atoms with Crippen molar-refractivity contribution in [2.24, 2.45) is 41.4 Å². The molecule has 5 aliphatic carbocycles. The van der Waals surface area contributed by atoms with Crippen LogP contribution in [0.2, 0.25) is 0 Å². The molecule has 0 saturated heterocycles. The smallest absolute Gasteiger partial charge is 0.0151 e. The van der Waals surface area contributed by atoms with E-state index in [4.69, 9.17) is 0 Å². The Morgan fingerprint density at radius 3 is 2.48 bits per heavy atom. The molecule has 0 bridgehead atoms. The van der Waals surface area contributed by atoms with Gasteiger partial charge in [-0.1, -0.05) is 70.5 Å². The van der Waals surface area contributed by atoms with Gasteiger partial charge in [0.15, 0.2) is 0 Å². The number of alkyl halides is 1. The maximum Gasteiger partial charge on any atom is 0.0151 e. The summed E-state index contributed by atoms with van der Waals surface area (Å²) in [6.45, 7) is 0.